The molecule has 2 heterocycles. The van der Waals surface area contributed by atoms with E-state index >= 15 is 0 Å². The van der Waals surface area contributed by atoms with Crippen molar-refractivity contribution in [2.45, 2.75) is 39.3 Å². The highest BCUT2D eigenvalue weighted by Crippen LogP contribution is 2.16. The number of nitrogens with zero attached hydrogens (tertiary/aromatic N) is 3. The number of rotatable bonds is 12. The molecule has 0 bridgehead atoms. The fourth-order valence-electron chi connectivity index (χ4n) is 3.76. The summed E-state index contributed by atoms with van der Waals surface area (Å²) in [6, 6.07) is 10.2. The summed E-state index contributed by atoms with van der Waals surface area (Å²) in [7, 11) is 0. The highest BCUT2D eigenvalue weighted by Gasteiger charge is 2.23. The zero-order chi connectivity index (χ0) is 23.5. The number of amides is 2. The predicted octanol–water partition coefficient (Wildman–Crippen LogP) is 3.77. The lowest BCUT2D eigenvalue weighted by Gasteiger charge is -2.31. The summed E-state index contributed by atoms with van der Waals surface area (Å²) in [4.78, 5) is 33.1. The van der Waals surface area contributed by atoms with Crippen LogP contribution >= 0.6 is 11.3 Å². The number of unbranched alkanes of at least 4 members (excludes halogenated alkanes) is 1. The number of thiophene rings is 1. The van der Waals surface area contributed by atoms with Crippen LogP contribution in [0.3, 0.4) is 0 Å². The van der Waals surface area contributed by atoms with Crippen LogP contribution in [0.25, 0.3) is 0 Å². The van der Waals surface area contributed by atoms with Crippen LogP contribution in [0.4, 0.5) is 4.39 Å². The summed E-state index contributed by atoms with van der Waals surface area (Å²) in [6.07, 6.45) is 2.21. The van der Waals surface area contributed by atoms with Gasteiger partial charge in [0.05, 0.1) is 26.3 Å². The van der Waals surface area contributed by atoms with E-state index in [4.69, 9.17) is 4.74 Å². The average molecular weight is 476 g/mol. The van der Waals surface area contributed by atoms with Crippen molar-refractivity contribution < 1.29 is 18.7 Å². The average Bonchev–Trinajstić information content (AvgIpc) is 3.35. The molecule has 1 aromatic carbocycles. The first-order chi connectivity index (χ1) is 16.0. The summed E-state index contributed by atoms with van der Waals surface area (Å²) in [6.45, 7) is 7.31. The number of ether oxygens (including phenoxy) is 1. The molecule has 0 N–H and O–H groups in total. The molecule has 1 aliphatic heterocycles. The third kappa shape index (κ3) is 8.53. The molecule has 1 fully saturated rings. The molecule has 33 heavy (non-hydrogen) atoms. The van der Waals surface area contributed by atoms with Gasteiger partial charge in [-0.15, -0.1) is 11.3 Å². The maximum absolute atomic E-state index is 13.4. The molecule has 8 heteroatoms. The SMILES string of the molecule is CCCCC(=O)N(CCN1CCOCC1)CC(=O)N(Cc1ccc(F)cc1)Cc1cccs1. The molecular weight excluding hydrogens is 441 g/mol. The quantitative estimate of drug-likeness (QED) is 0.469. The molecule has 1 aromatic heterocycles. The van der Waals surface area contributed by atoms with Gasteiger partial charge in [-0.05, 0) is 35.6 Å². The second-order valence-corrected chi connectivity index (χ2v) is 9.36. The van der Waals surface area contributed by atoms with Crippen LogP contribution in [0, 0.1) is 5.82 Å². The van der Waals surface area contributed by atoms with Crippen molar-refractivity contribution in [3.05, 3.63) is 58.0 Å². The van der Waals surface area contributed by atoms with Crippen molar-refractivity contribution in [3.63, 3.8) is 0 Å². The predicted molar refractivity (Wildman–Crippen MR) is 128 cm³/mol. The molecule has 1 aliphatic rings. The van der Waals surface area contributed by atoms with Crippen molar-refractivity contribution in [1.82, 2.24) is 14.7 Å². The van der Waals surface area contributed by atoms with E-state index in [1.54, 1.807) is 33.3 Å². The molecule has 0 unspecified atom stereocenters. The van der Waals surface area contributed by atoms with Gasteiger partial charge in [-0.1, -0.05) is 31.5 Å². The number of carbonyl (C=O) groups is 2. The first kappa shape index (κ1) is 25.3. The first-order valence-corrected chi connectivity index (χ1v) is 12.6. The van der Waals surface area contributed by atoms with E-state index in [0.29, 0.717) is 39.3 Å². The van der Waals surface area contributed by atoms with Gasteiger partial charge in [0.25, 0.3) is 0 Å². The normalized spacial score (nSPS) is 14.2. The summed E-state index contributed by atoms with van der Waals surface area (Å²) < 4.78 is 18.8. The minimum Gasteiger partial charge on any atom is -0.379 e. The molecule has 2 aromatic rings. The van der Waals surface area contributed by atoms with Crippen LogP contribution in [-0.2, 0) is 27.4 Å². The Kier molecular flexibility index (Phi) is 10.3. The van der Waals surface area contributed by atoms with E-state index in [1.165, 1.54) is 12.1 Å². The number of hydrogen-bond acceptors (Lipinski definition) is 5. The number of morpholine rings is 1. The number of carbonyl (C=O) groups excluding carboxylic acids is 2. The summed E-state index contributed by atoms with van der Waals surface area (Å²) >= 11 is 1.59. The second kappa shape index (κ2) is 13.4. The van der Waals surface area contributed by atoms with Crippen molar-refractivity contribution in [2.75, 3.05) is 45.9 Å². The maximum atomic E-state index is 13.4. The molecule has 0 radical (unpaired) electrons. The van der Waals surface area contributed by atoms with E-state index in [1.807, 2.05) is 17.5 Å². The van der Waals surface area contributed by atoms with Crippen LogP contribution in [0.1, 0.15) is 36.6 Å². The maximum Gasteiger partial charge on any atom is 0.242 e. The lowest BCUT2D eigenvalue weighted by atomic mass is 10.2. The van der Waals surface area contributed by atoms with Crippen LogP contribution in [0.2, 0.25) is 0 Å². The Morgan fingerprint density at radius 3 is 2.48 bits per heavy atom. The fraction of sp³-hybridized carbons (Fsp3) is 0.520. The largest absolute Gasteiger partial charge is 0.379 e. The van der Waals surface area contributed by atoms with Crippen LogP contribution in [-0.4, -0.2) is 72.5 Å². The van der Waals surface area contributed by atoms with E-state index in [9.17, 15) is 14.0 Å². The van der Waals surface area contributed by atoms with Gasteiger partial charge in [-0.25, -0.2) is 4.39 Å². The topological polar surface area (TPSA) is 53.1 Å². The monoisotopic (exact) mass is 475 g/mol. The Hall–Kier alpha value is -2.29. The number of halogens is 1. The Morgan fingerprint density at radius 2 is 1.82 bits per heavy atom. The lowest BCUT2D eigenvalue weighted by Crippen LogP contribution is -2.47. The minimum atomic E-state index is -0.300. The highest BCUT2D eigenvalue weighted by molar-refractivity contribution is 7.09. The Morgan fingerprint density at radius 1 is 1.06 bits per heavy atom. The molecule has 3 rings (SSSR count). The van der Waals surface area contributed by atoms with Gasteiger partial charge >= 0.3 is 0 Å². The standard InChI is InChI=1S/C25H34FN3O3S/c1-2-3-6-24(30)28(12-11-27-13-15-32-16-14-27)20-25(31)29(19-23-5-4-17-33-23)18-21-7-9-22(26)10-8-21/h4-5,7-10,17H,2-3,6,11-16,18-20H2,1H3. The molecule has 0 aliphatic carbocycles. The molecule has 0 spiro atoms. The molecule has 0 saturated carbocycles. The van der Waals surface area contributed by atoms with Gasteiger partial charge in [0.15, 0.2) is 0 Å². The molecule has 0 atom stereocenters. The number of hydrogen-bond donors (Lipinski definition) is 0. The van der Waals surface area contributed by atoms with Gasteiger partial charge in [0.1, 0.15) is 5.82 Å². The van der Waals surface area contributed by atoms with Gasteiger partial charge in [0.2, 0.25) is 11.8 Å². The lowest BCUT2D eigenvalue weighted by molar-refractivity contribution is -0.141. The fourth-order valence-corrected chi connectivity index (χ4v) is 4.48. The van der Waals surface area contributed by atoms with Crippen LogP contribution in [0.15, 0.2) is 41.8 Å². The number of benzene rings is 1. The van der Waals surface area contributed by atoms with E-state index < -0.39 is 0 Å². The van der Waals surface area contributed by atoms with Gasteiger partial charge in [-0.3, -0.25) is 14.5 Å². The van der Waals surface area contributed by atoms with Crippen LogP contribution in [0.5, 0.6) is 0 Å². The smallest absolute Gasteiger partial charge is 0.242 e. The summed E-state index contributed by atoms with van der Waals surface area (Å²) in [5.74, 6) is -0.374. The summed E-state index contributed by atoms with van der Waals surface area (Å²) in [5.41, 5.74) is 0.860. The third-order valence-electron chi connectivity index (χ3n) is 5.78. The van der Waals surface area contributed by atoms with E-state index in [0.717, 1.165) is 42.9 Å². The molecule has 2 amide bonds. The van der Waals surface area contributed by atoms with Crippen molar-refractivity contribution in [1.29, 1.82) is 0 Å². The van der Waals surface area contributed by atoms with Crippen molar-refractivity contribution in [2.24, 2.45) is 0 Å². The molecule has 1 saturated heterocycles. The Bertz CT molecular complexity index is 854. The molecule has 6 nitrogen and oxygen atoms in total. The van der Waals surface area contributed by atoms with Crippen molar-refractivity contribution >= 4 is 23.2 Å². The highest BCUT2D eigenvalue weighted by atomic mass is 32.1. The third-order valence-corrected chi connectivity index (χ3v) is 6.64. The van der Waals surface area contributed by atoms with Gasteiger partial charge in [0, 0.05) is 44.0 Å². The first-order valence-electron chi connectivity index (χ1n) is 11.7. The zero-order valence-corrected chi connectivity index (χ0v) is 20.2. The molecule has 180 valence electrons. The van der Waals surface area contributed by atoms with Gasteiger partial charge < -0.3 is 14.5 Å². The Balaban J connectivity index is 1.69. The van der Waals surface area contributed by atoms with E-state index in [-0.39, 0.29) is 24.2 Å². The van der Waals surface area contributed by atoms with E-state index in [2.05, 4.69) is 11.8 Å². The zero-order valence-electron chi connectivity index (χ0n) is 19.4. The molecular formula is C25H34FN3O3S. The van der Waals surface area contributed by atoms with Crippen LogP contribution < -0.4 is 0 Å². The second-order valence-electron chi connectivity index (χ2n) is 8.33. The van der Waals surface area contributed by atoms with Crippen molar-refractivity contribution in [3.8, 4) is 0 Å². The minimum absolute atomic E-state index is 0.0244. The Labute approximate surface area is 199 Å². The van der Waals surface area contributed by atoms with Gasteiger partial charge in [-0.2, -0.15) is 0 Å². The summed E-state index contributed by atoms with van der Waals surface area (Å²) in [5, 5.41) is 1.98.